The summed E-state index contributed by atoms with van der Waals surface area (Å²) in [6.45, 7) is 7.51. The molecule has 0 radical (unpaired) electrons. The van der Waals surface area contributed by atoms with Gasteiger partial charge < -0.3 is 20.3 Å². The number of guanidine groups is 1. The van der Waals surface area contributed by atoms with Crippen LogP contribution in [0.15, 0.2) is 53.7 Å². The number of aromatic nitrogens is 1. The van der Waals surface area contributed by atoms with Gasteiger partial charge in [0, 0.05) is 39.4 Å². The van der Waals surface area contributed by atoms with Crippen LogP contribution in [0.1, 0.15) is 25.0 Å². The third kappa shape index (κ3) is 5.96. The maximum absolute atomic E-state index is 5.80. The Morgan fingerprint density at radius 2 is 1.82 bits per heavy atom. The SMILES string of the molecule is CN=C(NCCc1ccccc1)NCc1ccc(N2CC(C)OC(C)C2)nc1. The van der Waals surface area contributed by atoms with Gasteiger partial charge in [0.15, 0.2) is 5.96 Å². The molecule has 0 spiro atoms. The summed E-state index contributed by atoms with van der Waals surface area (Å²) in [7, 11) is 1.79. The minimum absolute atomic E-state index is 0.233. The number of hydrogen-bond donors (Lipinski definition) is 2. The van der Waals surface area contributed by atoms with E-state index in [-0.39, 0.29) is 12.2 Å². The topological polar surface area (TPSA) is 61.8 Å². The van der Waals surface area contributed by atoms with Crippen LogP contribution < -0.4 is 15.5 Å². The van der Waals surface area contributed by atoms with E-state index in [1.807, 2.05) is 12.3 Å². The standard InChI is InChI=1S/C22H31N5O/c1-17-15-27(16-18(2)28-17)21-10-9-20(13-25-21)14-26-22(23-3)24-12-11-19-7-5-4-6-8-19/h4-10,13,17-18H,11-12,14-16H2,1-3H3,(H2,23,24,26). The molecule has 1 saturated heterocycles. The normalized spacial score (nSPS) is 20.1. The molecule has 0 saturated carbocycles. The Kier molecular flexibility index (Phi) is 7.25. The number of anilines is 1. The zero-order valence-corrected chi connectivity index (χ0v) is 17.1. The van der Waals surface area contributed by atoms with Gasteiger partial charge in [-0.2, -0.15) is 0 Å². The monoisotopic (exact) mass is 381 g/mol. The zero-order valence-electron chi connectivity index (χ0n) is 17.1. The Labute approximate surface area is 168 Å². The molecule has 2 atom stereocenters. The van der Waals surface area contributed by atoms with E-state index in [1.165, 1.54) is 5.56 Å². The average Bonchev–Trinajstić information content (AvgIpc) is 2.71. The lowest BCUT2D eigenvalue weighted by atomic mass is 10.1. The van der Waals surface area contributed by atoms with Crippen molar-refractivity contribution in [3.05, 3.63) is 59.8 Å². The first kappa shape index (κ1) is 20.1. The summed E-state index contributed by atoms with van der Waals surface area (Å²) in [5.74, 6) is 1.81. The number of rotatable bonds is 6. The summed E-state index contributed by atoms with van der Waals surface area (Å²) >= 11 is 0. The fourth-order valence-corrected chi connectivity index (χ4v) is 3.45. The summed E-state index contributed by atoms with van der Waals surface area (Å²) in [6, 6.07) is 14.7. The highest BCUT2D eigenvalue weighted by atomic mass is 16.5. The summed E-state index contributed by atoms with van der Waals surface area (Å²) in [4.78, 5) is 11.2. The molecule has 6 heteroatoms. The molecule has 1 aromatic heterocycles. The molecule has 1 aromatic carbocycles. The van der Waals surface area contributed by atoms with E-state index in [0.717, 1.165) is 43.4 Å². The highest BCUT2D eigenvalue weighted by Gasteiger charge is 2.22. The molecule has 1 fully saturated rings. The predicted molar refractivity (Wildman–Crippen MR) is 115 cm³/mol. The molecule has 2 aromatic rings. The summed E-state index contributed by atoms with van der Waals surface area (Å²) in [5.41, 5.74) is 2.45. The van der Waals surface area contributed by atoms with Gasteiger partial charge in [-0.1, -0.05) is 36.4 Å². The lowest BCUT2D eigenvalue weighted by Gasteiger charge is -2.36. The van der Waals surface area contributed by atoms with Gasteiger partial charge in [0.2, 0.25) is 0 Å². The van der Waals surface area contributed by atoms with Crippen molar-refractivity contribution in [1.29, 1.82) is 0 Å². The molecule has 28 heavy (non-hydrogen) atoms. The van der Waals surface area contributed by atoms with Crippen LogP contribution in [0.5, 0.6) is 0 Å². The molecule has 1 aliphatic heterocycles. The van der Waals surface area contributed by atoms with Crippen molar-refractivity contribution in [2.45, 2.75) is 39.0 Å². The van der Waals surface area contributed by atoms with Gasteiger partial charge in [0.25, 0.3) is 0 Å². The second kappa shape index (κ2) is 10.1. The van der Waals surface area contributed by atoms with Gasteiger partial charge in [-0.15, -0.1) is 0 Å². The van der Waals surface area contributed by atoms with Crippen molar-refractivity contribution in [1.82, 2.24) is 15.6 Å². The van der Waals surface area contributed by atoms with E-state index < -0.39 is 0 Å². The fraction of sp³-hybridized carbons (Fsp3) is 0.455. The molecule has 150 valence electrons. The first-order chi connectivity index (χ1) is 13.6. The molecule has 2 unspecified atom stereocenters. The number of ether oxygens (including phenoxy) is 1. The molecular formula is C22H31N5O. The van der Waals surface area contributed by atoms with Crippen molar-refractivity contribution in [3.63, 3.8) is 0 Å². The summed E-state index contributed by atoms with van der Waals surface area (Å²) < 4.78 is 5.80. The van der Waals surface area contributed by atoms with Crippen LogP contribution in [0.25, 0.3) is 0 Å². The molecule has 0 bridgehead atoms. The van der Waals surface area contributed by atoms with Crippen LogP contribution in [0.2, 0.25) is 0 Å². The zero-order chi connectivity index (χ0) is 19.8. The molecule has 6 nitrogen and oxygen atoms in total. The Hall–Kier alpha value is -2.60. The average molecular weight is 382 g/mol. The Morgan fingerprint density at radius 1 is 1.07 bits per heavy atom. The quantitative estimate of drug-likeness (QED) is 0.595. The van der Waals surface area contributed by atoms with Crippen LogP contribution >= 0.6 is 0 Å². The molecule has 2 heterocycles. The molecule has 1 aliphatic rings. The number of pyridine rings is 1. The number of benzene rings is 1. The van der Waals surface area contributed by atoms with Crippen LogP contribution in [0.4, 0.5) is 5.82 Å². The van der Waals surface area contributed by atoms with E-state index in [9.17, 15) is 0 Å². The number of morpholine rings is 1. The van der Waals surface area contributed by atoms with Gasteiger partial charge in [-0.3, -0.25) is 4.99 Å². The smallest absolute Gasteiger partial charge is 0.191 e. The number of nitrogens with zero attached hydrogens (tertiary/aromatic N) is 3. The van der Waals surface area contributed by atoms with Crippen molar-refractivity contribution in [2.24, 2.45) is 4.99 Å². The number of aliphatic imine (C=N–C) groups is 1. The third-order valence-electron chi connectivity index (χ3n) is 4.79. The van der Waals surface area contributed by atoms with Crippen LogP contribution in [-0.2, 0) is 17.7 Å². The van der Waals surface area contributed by atoms with E-state index >= 15 is 0 Å². The number of hydrogen-bond acceptors (Lipinski definition) is 4. The van der Waals surface area contributed by atoms with Crippen molar-refractivity contribution in [3.8, 4) is 0 Å². The highest BCUT2D eigenvalue weighted by molar-refractivity contribution is 5.79. The van der Waals surface area contributed by atoms with Crippen molar-refractivity contribution in [2.75, 3.05) is 31.6 Å². The Bertz CT molecular complexity index is 737. The lowest BCUT2D eigenvalue weighted by Crippen LogP contribution is -2.45. The second-order valence-electron chi connectivity index (χ2n) is 7.28. The van der Waals surface area contributed by atoms with Gasteiger partial charge in [0.1, 0.15) is 5.82 Å². The molecular weight excluding hydrogens is 350 g/mol. The molecule has 0 amide bonds. The van der Waals surface area contributed by atoms with Crippen LogP contribution in [0.3, 0.4) is 0 Å². The maximum Gasteiger partial charge on any atom is 0.191 e. The van der Waals surface area contributed by atoms with E-state index in [2.05, 4.69) is 75.8 Å². The van der Waals surface area contributed by atoms with Crippen molar-refractivity contribution >= 4 is 11.8 Å². The van der Waals surface area contributed by atoms with E-state index in [0.29, 0.717) is 6.54 Å². The first-order valence-electron chi connectivity index (χ1n) is 9.98. The Balaban J connectivity index is 1.45. The minimum atomic E-state index is 0.233. The van der Waals surface area contributed by atoms with Gasteiger partial charge in [0.05, 0.1) is 12.2 Å². The summed E-state index contributed by atoms with van der Waals surface area (Å²) in [6.07, 6.45) is 3.37. The van der Waals surface area contributed by atoms with Crippen LogP contribution in [0, 0.1) is 0 Å². The maximum atomic E-state index is 5.80. The number of nitrogens with one attached hydrogen (secondary N) is 2. The van der Waals surface area contributed by atoms with Gasteiger partial charge in [-0.25, -0.2) is 4.98 Å². The molecule has 0 aliphatic carbocycles. The van der Waals surface area contributed by atoms with Crippen LogP contribution in [-0.4, -0.2) is 49.8 Å². The van der Waals surface area contributed by atoms with Gasteiger partial charge >= 0.3 is 0 Å². The minimum Gasteiger partial charge on any atom is -0.372 e. The van der Waals surface area contributed by atoms with E-state index in [4.69, 9.17) is 4.74 Å². The summed E-state index contributed by atoms with van der Waals surface area (Å²) in [5, 5.41) is 6.71. The lowest BCUT2D eigenvalue weighted by molar-refractivity contribution is -0.00545. The Morgan fingerprint density at radius 3 is 2.46 bits per heavy atom. The fourth-order valence-electron chi connectivity index (χ4n) is 3.45. The van der Waals surface area contributed by atoms with Crippen molar-refractivity contribution < 1.29 is 4.74 Å². The predicted octanol–water partition coefficient (Wildman–Crippen LogP) is 2.60. The van der Waals surface area contributed by atoms with Gasteiger partial charge in [-0.05, 0) is 37.5 Å². The highest BCUT2D eigenvalue weighted by Crippen LogP contribution is 2.18. The largest absolute Gasteiger partial charge is 0.372 e. The molecule has 3 rings (SSSR count). The third-order valence-corrected chi connectivity index (χ3v) is 4.79. The first-order valence-corrected chi connectivity index (χ1v) is 9.98. The molecule has 2 N–H and O–H groups in total. The van der Waals surface area contributed by atoms with E-state index in [1.54, 1.807) is 7.05 Å². The second-order valence-corrected chi connectivity index (χ2v) is 7.28.